The second-order valence-corrected chi connectivity index (χ2v) is 5.73. The normalized spacial score (nSPS) is 14.6. The van der Waals surface area contributed by atoms with Gasteiger partial charge in [-0.25, -0.2) is 9.37 Å². The van der Waals surface area contributed by atoms with Crippen molar-refractivity contribution in [2.75, 3.05) is 6.54 Å². The summed E-state index contributed by atoms with van der Waals surface area (Å²) in [5.41, 5.74) is 2.85. The van der Waals surface area contributed by atoms with Gasteiger partial charge >= 0.3 is 0 Å². The number of hydrogen-bond acceptors (Lipinski definition) is 2. The van der Waals surface area contributed by atoms with E-state index in [0.717, 1.165) is 43.1 Å². The molecule has 4 heteroatoms. The number of para-hydroxylation sites is 1. The molecule has 0 amide bonds. The van der Waals surface area contributed by atoms with Crippen LogP contribution in [0.5, 0.6) is 0 Å². The molecule has 2 aromatic rings. The van der Waals surface area contributed by atoms with Crippen molar-refractivity contribution in [2.45, 2.75) is 33.2 Å². The Morgan fingerprint density at radius 3 is 2.90 bits per heavy atom. The molecule has 0 saturated carbocycles. The number of halogens is 1. The molecule has 2 heterocycles. The lowest BCUT2D eigenvalue weighted by molar-refractivity contribution is 0.584. The van der Waals surface area contributed by atoms with Gasteiger partial charge < -0.3 is 5.32 Å². The van der Waals surface area contributed by atoms with Crippen LogP contribution < -0.4 is 5.32 Å². The lowest BCUT2D eigenvalue weighted by atomic mass is 10.1. The highest BCUT2D eigenvalue weighted by atomic mass is 19.1. The summed E-state index contributed by atoms with van der Waals surface area (Å²) >= 11 is 0. The fourth-order valence-electron chi connectivity index (χ4n) is 2.79. The first-order chi connectivity index (χ1) is 9.66. The van der Waals surface area contributed by atoms with E-state index in [1.807, 2.05) is 16.7 Å². The van der Waals surface area contributed by atoms with Crippen LogP contribution in [0.15, 0.2) is 24.3 Å². The summed E-state index contributed by atoms with van der Waals surface area (Å²) in [6, 6.07) is 6.96. The minimum Gasteiger partial charge on any atom is -0.311 e. The first-order valence-electron chi connectivity index (χ1n) is 7.22. The predicted octanol–water partition coefficient (Wildman–Crippen LogP) is 2.86. The van der Waals surface area contributed by atoms with Crippen molar-refractivity contribution in [3.8, 4) is 5.69 Å². The molecule has 0 bridgehead atoms. The number of nitrogens with zero attached hydrogens (tertiary/aromatic N) is 2. The fraction of sp³-hybridized carbons (Fsp3) is 0.438. The molecule has 1 aliphatic heterocycles. The molecule has 1 aromatic carbocycles. The predicted molar refractivity (Wildman–Crippen MR) is 77.5 cm³/mol. The Hall–Kier alpha value is -1.68. The topological polar surface area (TPSA) is 29.9 Å². The summed E-state index contributed by atoms with van der Waals surface area (Å²) in [5, 5.41) is 3.33. The second kappa shape index (κ2) is 5.37. The van der Waals surface area contributed by atoms with Crippen molar-refractivity contribution in [3.63, 3.8) is 0 Å². The van der Waals surface area contributed by atoms with Gasteiger partial charge in [0.15, 0.2) is 0 Å². The molecule has 1 aromatic heterocycles. The van der Waals surface area contributed by atoms with E-state index < -0.39 is 0 Å². The Morgan fingerprint density at radius 1 is 1.35 bits per heavy atom. The summed E-state index contributed by atoms with van der Waals surface area (Å²) in [4.78, 5) is 4.74. The molecule has 3 rings (SSSR count). The van der Waals surface area contributed by atoms with Crippen molar-refractivity contribution in [1.29, 1.82) is 0 Å². The number of imidazole rings is 1. The Bertz CT molecular complexity index is 616. The average Bonchev–Trinajstić information content (AvgIpc) is 2.76. The first-order valence-corrected chi connectivity index (χ1v) is 7.22. The van der Waals surface area contributed by atoms with Gasteiger partial charge in [0.2, 0.25) is 0 Å². The molecule has 20 heavy (non-hydrogen) atoms. The molecule has 1 aliphatic rings. The van der Waals surface area contributed by atoms with Crippen LogP contribution in [0.3, 0.4) is 0 Å². The summed E-state index contributed by atoms with van der Waals surface area (Å²) in [5.74, 6) is 1.28. The Kier molecular flexibility index (Phi) is 3.57. The molecule has 3 nitrogen and oxygen atoms in total. The zero-order valence-corrected chi connectivity index (χ0v) is 12.0. The van der Waals surface area contributed by atoms with Crippen molar-refractivity contribution in [3.05, 3.63) is 47.3 Å². The van der Waals surface area contributed by atoms with Crippen molar-refractivity contribution in [1.82, 2.24) is 14.9 Å². The SMILES string of the molecule is CC(C)Cc1nc2c(n1-c1ccccc1F)CCNC2. The van der Waals surface area contributed by atoms with E-state index in [0.29, 0.717) is 11.6 Å². The third-order valence-electron chi connectivity index (χ3n) is 3.64. The van der Waals surface area contributed by atoms with Crippen molar-refractivity contribution in [2.24, 2.45) is 5.92 Å². The lowest BCUT2D eigenvalue weighted by Crippen LogP contribution is -2.25. The van der Waals surface area contributed by atoms with Gasteiger partial charge in [-0.2, -0.15) is 0 Å². The molecular formula is C16H20FN3. The molecule has 0 saturated heterocycles. The highest BCUT2D eigenvalue weighted by molar-refractivity contribution is 5.40. The van der Waals surface area contributed by atoms with E-state index >= 15 is 0 Å². The van der Waals surface area contributed by atoms with E-state index in [9.17, 15) is 4.39 Å². The minimum atomic E-state index is -0.184. The molecule has 0 unspecified atom stereocenters. The van der Waals surface area contributed by atoms with Crippen LogP contribution in [0.2, 0.25) is 0 Å². The third kappa shape index (κ3) is 2.36. The Balaban J connectivity index is 2.16. The second-order valence-electron chi connectivity index (χ2n) is 5.73. The molecule has 0 atom stereocenters. The van der Waals surface area contributed by atoms with E-state index in [1.54, 1.807) is 6.07 Å². The van der Waals surface area contributed by atoms with E-state index in [4.69, 9.17) is 4.98 Å². The first kappa shape index (κ1) is 13.3. The fourth-order valence-corrected chi connectivity index (χ4v) is 2.79. The van der Waals surface area contributed by atoms with Crippen LogP contribution in [0.25, 0.3) is 5.69 Å². The maximum absolute atomic E-state index is 14.2. The largest absolute Gasteiger partial charge is 0.311 e. The highest BCUT2D eigenvalue weighted by Crippen LogP contribution is 2.24. The molecule has 0 fully saturated rings. The van der Waals surface area contributed by atoms with Gasteiger partial charge in [-0.15, -0.1) is 0 Å². The monoisotopic (exact) mass is 273 g/mol. The number of nitrogens with one attached hydrogen (secondary N) is 1. The molecule has 106 valence electrons. The zero-order valence-electron chi connectivity index (χ0n) is 12.0. The maximum Gasteiger partial charge on any atom is 0.147 e. The van der Waals surface area contributed by atoms with E-state index in [2.05, 4.69) is 19.2 Å². The van der Waals surface area contributed by atoms with Gasteiger partial charge in [-0.1, -0.05) is 26.0 Å². The summed E-state index contributed by atoms with van der Waals surface area (Å²) in [6.45, 7) is 6.03. The quantitative estimate of drug-likeness (QED) is 0.932. The number of fused-ring (bicyclic) bond motifs is 1. The van der Waals surface area contributed by atoms with Gasteiger partial charge in [-0.05, 0) is 18.1 Å². The standard InChI is InChI=1S/C16H20FN3/c1-11(2)9-16-19-13-10-18-8-7-15(13)20(16)14-6-4-3-5-12(14)17/h3-6,11,18H,7-10H2,1-2H3. The van der Waals surface area contributed by atoms with Crippen LogP contribution in [0, 0.1) is 11.7 Å². The molecule has 0 aliphatic carbocycles. The average molecular weight is 273 g/mol. The molecule has 0 radical (unpaired) electrons. The summed E-state index contributed by atoms with van der Waals surface area (Å²) in [6.07, 6.45) is 1.76. The molecule has 1 N–H and O–H groups in total. The maximum atomic E-state index is 14.2. The zero-order chi connectivity index (χ0) is 14.1. The molecular weight excluding hydrogens is 253 g/mol. The lowest BCUT2D eigenvalue weighted by Gasteiger charge is -2.17. The van der Waals surface area contributed by atoms with E-state index in [-0.39, 0.29) is 5.82 Å². The highest BCUT2D eigenvalue weighted by Gasteiger charge is 2.22. The number of aromatic nitrogens is 2. The van der Waals surface area contributed by atoms with Gasteiger partial charge in [-0.3, -0.25) is 4.57 Å². The van der Waals surface area contributed by atoms with Crippen molar-refractivity contribution < 1.29 is 4.39 Å². The van der Waals surface area contributed by atoms with Gasteiger partial charge in [0.1, 0.15) is 11.6 Å². The van der Waals surface area contributed by atoms with Gasteiger partial charge in [0, 0.05) is 31.6 Å². The number of rotatable bonds is 3. The van der Waals surface area contributed by atoms with Crippen LogP contribution in [-0.4, -0.2) is 16.1 Å². The van der Waals surface area contributed by atoms with Crippen LogP contribution in [0.1, 0.15) is 31.1 Å². The number of benzene rings is 1. The van der Waals surface area contributed by atoms with Crippen LogP contribution in [-0.2, 0) is 19.4 Å². The smallest absolute Gasteiger partial charge is 0.147 e. The minimum absolute atomic E-state index is 0.184. The van der Waals surface area contributed by atoms with Gasteiger partial charge in [0.25, 0.3) is 0 Å². The van der Waals surface area contributed by atoms with Crippen LogP contribution in [0.4, 0.5) is 4.39 Å². The van der Waals surface area contributed by atoms with Crippen LogP contribution >= 0.6 is 0 Å². The third-order valence-corrected chi connectivity index (χ3v) is 3.64. The molecule has 0 spiro atoms. The number of hydrogen-bond donors (Lipinski definition) is 1. The van der Waals surface area contributed by atoms with Gasteiger partial charge in [0.05, 0.1) is 11.4 Å². The van der Waals surface area contributed by atoms with Crippen molar-refractivity contribution >= 4 is 0 Å². The summed E-state index contributed by atoms with van der Waals surface area (Å²) < 4.78 is 16.2. The summed E-state index contributed by atoms with van der Waals surface area (Å²) in [7, 11) is 0. The Morgan fingerprint density at radius 2 is 2.15 bits per heavy atom. The Labute approximate surface area is 118 Å². The van der Waals surface area contributed by atoms with E-state index in [1.165, 1.54) is 6.07 Å².